The minimum atomic E-state index is -1.16. The van der Waals surface area contributed by atoms with Gasteiger partial charge in [-0.05, 0) is 0 Å². The van der Waals surface area contributed by atoms with Gasteiger partial charge in [0.1, 0.15) is 31.0 Å². The van der Waals surface area contributed by atoms with Gasteiger partial charge in [-0.25, -0.2) is 0 Å². The first-order valence-corrected chi connectivity index (χ1v) is 5.60. The number of hydrogen-bond donors (Lipinski definition) is 1. The molecule has 1 aliphatic heterocycles. The number of aliphatic hydroxyl groups is 1. The Morgan fingerprint density at radius 1 is 1.11 bits per heavy atom. The van der Waals surface area contributed by atoms with Crippen LogP contribution in [-0.2, 0) is 28.5 Å². The van der Waals surface area contributed by atoms with Crippen LogP contribution < -0.4 is 0 Å². The van der Waals surface area contributed by atoms with Gasteiger partial charge in [0.2, 0.25) is 0 Å². The predicted molar refractivity (Wildman–Crippen MR) is 59.9 cm³/mol. The average molecular weight is 264 g/mol. The van der Waals surface area contributed by atoms with Crippen LogP contribution in [0.3, 0.4) is 0 Å². The molecule has 0 aromatic rings. The molecule has 1 fully saturated rings. The fraction of sp³-hybridized carbons (Fsp3) is 0.909. The maximum Gasteiger partial charge on any atom is 0.302 e. The molecule has 5 atom stereocenters. The maximum absolute atomic E-state index is 10.8. The molecule has 1 aliphatic rings. The van der Waals surface area contributed by atoms with Gasteiger partial charge in [0, 0.05) is 28.3 Å². The Bertz CT molecular complexity index is 270. The van der Waals surface area contributed by atoms with Crippen molar-refractivity contribution in [3.8, 4) is 0 Å². The Balaban J connectivity index is 2.76. The van der Waals surface area contributed by atoms with E-state index in [1.165, 1.54) is 28.3 Å². The van der Waals surface area contributed by atoms with Crippen LogP contribution in [0.2, 0.25) is 0 Å². The molecule has 1 N–H and O–H groups in total. The summed E-state index contributed by atoms with van der Waals surface area (Å²) < 4.78 is 25.9. The zero-order valence-corrected chi connectivity index (χ0v) is 11.0. The van der Waals surface area contributed by atoms with Crippen molar-refractivity contribution < 1.29 is 33.6 Å². The van der Waals surface area contributed by atoms with Gasteiger partial charge in [0.15, 0.2) is 6.29 Å². The summed E-state index contributed by atoms with van der Waals surface area (Å²) in [4.78, 5) is 10.8. The first-order chi connectivity index (χ1) is 8.54. The SMILES string of the molecule is CO[C@@H]1[C@@H](OC)[C@@H](O)O[C@H](COC(C)=O)[C@@H]1OC. The summed E-state index contributed by atoms with van der Waals surface area (Å²) in [6, 6.07) is 0. The maximum atomic E-state index is 10.8. The van der Waals surface area contributed by atoms with Crippen molar-refractivity contribution in [1.29, 1.82) is 0 Å². The van der Waals surface area contributed by atoms with E-state index in [2.05, 4.69) is 0 Å². The van der Waals surface area contributed by atoms with Gasteiger partial charge in [-0.2, -0.15) is 0 Å². The van der Waals surface area contributed by atoms with Crippen molar-refractivity contribution >= 4 is 5.97 Å². The Labute approximate surface area is 106 Å². The van der Waals surface area contributed by atoms with E-state index in [9.17, 15) is 9.90 Å². The smallest absolute Gasteiger partial charge is 0.302 e. The largest absolute Gasteiger partial charge is 0.463 e. The molecule has 0 unspecified atom stereocenters. The highest BCUT2D eigenvalue weighted by Crippen LogP contribution is 2.26. The van der Waals surface area contributed by atoms with Gasteiger partial charge in [0.25, 0.3) is 0 Å². The molecule has 1 saturated heterocycles. The first-order valence-electron chi connectivity index (χ1n) is 5.60. The van der Waals surface area contributed by atoms with Crippen LogP contribution >= 0.6 is 0 Å². The lowest BCUT2D eigenvalue weighted by molar-refractivity contribution is -0.300. The molecular weight excluding hydrogens is 244 g/mol. The van der Waals surface area contributed by atoms with E-state index in [0.29, 0.717) is 0 Å². The topological polar surface area (TPSA) is 83.5 Å². The normalized spacial score (nSPS) is 36.4. The monoisotopic (exact) mass is 264 g/mol. The lowest BCUT2D eigenvalue weighted by atomic mass is 9.98. The quantitative estimate of drug-likeness (QED) is 0.658. The third-order valence-electron chi connectivity index (χ3n) is 2.88. The summed E-state index contributed by atoms with van der Waals surface area (Å²) in [7, 11) is 4.43. The Kier molecular flexibility index (Phi) is 5.97. The van der Waals surface area contributed by atoms with E-state index in [0.717, 1.165) is 0 Å². The Morgan fingerprint density at radius 2 is 1.67 bits per heavy atom. The summed E-state index contributed by atoms with van der Waals surface area (Å²) >= 11 is 0. The lowest BCUT2D eigenvalue weighted by Crippen LogP contribution is -2.60. The molecule has 106 valence electrons. The summed E-state index contributed by atoms with van der Waals surface area (Å²) in [6.07, 6.45) is -3.43. The molecule has 0 saturated carbocycles. The second-order valence-corrected chi connectivity index (χ2v) is 3.97. The number of hydrogen-bond acceptors (Lipinski definition) is 7. The van der Waals surface area contributed by atoms with E-state index in [1.807, 2.05) is 0 Å². The number of carbonyl (C=O) groups is 1. The average Bonchev–Trinajstić information content (AvgIpc) is 2.34. The fourth-order valence-electron chi connectivity index (χ4n) is 2.03. The minimum Gasteiger partial charge on any atom is -0.463 e. The molecule has 7 heteroatoms. The van der Waals surface area contributed by atoms with Crippen molar-refractivity contribution in [2.75, 3.05) is 27.9 Å². The highest BCUT2D eigenvalue weighted by molar-refractivity contribution is 5.65. The number of methoxy groups -OCH3 is 3. The molecule has 0 bridgehead atoms. The Morgan fingerprint density at radius 3 is 2.11 bits per heavy atom. The zero-order valence-electron chi connectivity index (χ0n) is 11.0. The number of ether oxygens (including phenoxy) is 5. The third-order valence-corrected chi connectivity index (χ3v) is 2.88. The summed E-state index contributed by atoms with van der Waals surface area (Å²) in [6.45, 7) is 1.29. The van der Waals surface area contributed by atoms with Gasteiger partial charge in [0.05, 0.1) is 0 Å². The van der Waals surface area contributed by atoms with Crippen molar-refractivity contribution in [2.45, 2.75) is 37.6 Å². The van der Waals surface area contributed by atoms with Crippen molar-refractivity contribution in [1.82, 2.24) is 0 Å². The minimum absolute atomic E-state index is 0.0127. The molecule has 0 amide bonds. The molecule has 0 aromatic carbocycles. The summed E-state index contributed by atoms with van der Waals surface area (Å²) in [5.41, 5.74) is 0. The number of carbonyl (C=O) groups excluding carboxylic acids is 1. The number of esters is 1. The van der Waals surface area contributed by atoms with E-state index >= 15 is 0 Å². The molecule has 0 aliphatic carbocycles. The van der Waals surface area contributed by atoms with E-state index in [1.54, 1.807) is 0 Å². The molecule has 0 spiro atoms. The van der Waals surface area contributed by atoms with Crippen molar-refractivity contribution in [3.05, 3.63) is 0 Å². The van der Waals surface area contributed by atoms with Gasteiger partial charge < -0.3 is 28.8 Å². The van der Waals surface area contributed by atoms with Crippen LogP contribution in [0.15, 0.2) is 0 Å². The fourth-order valence-corrected chi connectivity index (χ4v) is 2.03. The first kappa shape index (κ1) is 15.3. The molecule has 7 nitrogen and oxygen atoms in total. The van der Waals surface area contributed by atoms with Crippen LogP contribution in [-0.4, -0.2) is 69.7 Å². The molecule has 0 aromatic heterocycles. The second-order valence-electron chi connectivity index (χ2n) is 3.97. The van der Waals surface area contributed by atoms with Crippen LogP contribution in [0.4, 0.5) is 0 Å². The lowest BCUT2D eigenvalue weighted by Gasteiger charge is -2.42. The highest BCUT2D eigenvalue weighted by Gasteiger charge is 2.46. The number of aliphatic hydroxyl groups excluding tert-OH is 1. The predicted octanol–water partition coefficient (Wildman–Crippen LogP) is -0.688. The van der Waals surface area contributed by atoms with Crippen molar-refractivity contribution in [3.63, 3.8) is 0 Å². The van der Waals surface area contributed by atoms with Crippen molar-refractivity contribution in [2.24, 2.45) is 0 Å². The van der Waals surface area contributed by atoms with Crippen LogP contribution in [0.1, 0.15) is 6.92 Å². The second kappa shape index (κ2) is 7.01. The van der Waals surface area contributed by atoms with Gasteiger partial charge >= 0.3 is 5.97 Å². The molecule has 18 heavy (non-hydrogen) atoms. The van der Waals surface area contributed by atoms with Gasteiger partial charge in [-0.1, -0.05) is 0 Å². The summed E-state index contributed by atoms with van der Waals surface area (Å²) in [5, 5.41) is 9.80. The van der Waals surface area contributed by atoms with Crippen LogP contribution in [0, 0.1) is 0 Å². The molecule has 1 heterocycles. The van der Waals surface area contributed by atoms with Crippen LogP contribution in [0.25, 0.3) is 0 Å². The number of rotatable bonds is 5. The summed E-state index contributed by atoms with van der Waals surface area (Å²) in [5.74, 6) is -0.425. The zero-order chi connectivity index (χ0) is 13.7. The highest BCUT2D eigenvalue weighted by atomic mass is 16.7. The third kappa shape index (κ3) is 3.39. The van der Waals surface area contributed by atoms with Gasteiger partial charge in [-0.15, -0.1) is 0 Å². The van der Waals surface area contributed by atoms with E-state index in [4.69, 9.17) is 23.7 Å². The van der Waals surface area contributed by atoms with E-state index < -0.39 is 36.7 Å². The molecular formula is C11H20O7. The Hall–Kier alpha value is -0.730. The standard InChI is InChI=1S/C11H20O7/c1-6(12)17-5-7-8(14-2)9(15-3)10(16-4)11(13)18-7/h7-11,13H,5H2,1-4H3/t7-,8+,9+,10-,11+/m1/s1. The molecule has 0 radical (unpaired) electrons. The molecule has 1 rings (SSSR count). The van der Waals surface area contributed by atoms with Gasteiger partial charge in [-0.3, -0.25) is 4.79 Å². The van der Waals surface area contributed by atoms with Crippen LogP contribution in [0.5, 0.6) is 0 Å². The van der Waals surface area contributed by atoms with E-state index in [-0.39, 0.29) is 6.61 Å².